The van der Waals surface area contributed by atoms with Gasteiger partial charge in [-0.25, -0.2) is 13.2 Å². The van der Waals surface area contributed by atoms with Gasteiger partial charge in [0.1, 0.15) is 6.10 Å². The van der Waals surface area contributed by atoms with E-state index in [2.05, 4.69) is 22.9 Å². The Labute approximate surface area is 137 Å². The topological polar surface area (TPSA) is 60.4 Å². The van der Waals surface area contributed by atoms with Gasteiger partial charge >= 0.3 is 5.97 Å². The lowest BCUT2D eigenvalue weighted by Gasteiger charge is -2.26. The lowest BCUT2D eigenvalue weighted by atomic mass is 9.89. The van der Waals surface area contributed by atoms with E-state index >= 15 is 0 Å². The summed E-state index contributed by atoms with van der Waals surface area (Å²) in [6.45, 7) is 2.14. The van der Waals surface area contributed by atoms with Crippen molar-refractivity contribution in [2.24, 2.45) is 5.92 Å². The average Bonchev–Trinajstić information content (AvgIpc) is 2.37. The van der Waals surface area contributed by atoms with Crippen LogP contribution >= 0.6 is 26.6 Å². The highest BCUT2D eigenvalue weighted by atomic mass is 79.9. The van der Waals surface area contributed by atoms with Gasteiger partial charge in [0.2, 0.25) is 0 Å². The fourth-order valence-electron chi connectivity index (χ4n) is 2.53. The fraction of sp³-hybridized carbons (Fsp3) is 0.500. The van der Waals surface area contributed by atoms with Gasteiger partial charge in [0.15, 0.2) is 0 Å². The van der Waals surface area contributed by atoms with Crippen LogP contribution in [0.1, 0.15) is 43.0 Å². The molecular weight excluding hydrogens is 380 g/mol. The average molecular weight is 396 g/mol. The van der Waals surface area contributed by atoms with E-state index < -0.39 is 15.0 Å². The van der Waals surface area contributed by atoms with E-state index in [0.717, 1.165) is 25.7 Å². The number of hydrogen-bond acceptors (Lipinski definition) is 4. The number of hydrogen-bond donors (Lipinski definition) is 0. The smallest absolute Gasteiger partial charge is 0.338 e. The number of ether oxygens (including phenoxy) is 1. The van der Waals surface area contributed by atoms with Crippen molar-refractivity contribution in [3.05, 3.63) is 28.2 Å². The molecular formula is C14H16BrClO4S. The van der Waals surface area contributed by atoms with Crippen LogP contribution in [0.4, 0.5) is 0 Å². The van der Waals surface area contributed by atoms with Crippen molar-refractivity contribution in [1.29, 1.82) is 0 Å². The highest BCUT2D eigenvalue weighted by Crippen LogP contribution is 2.28. The highest BCUT2D eigenvalue weighted by molar-refractivity contribution is 9.10. The number of carbonyl (C=O) groups excluding carboxylic acids is 1. The lowest BCUT2D eigenvalue weighted by Crippen LogP contribution is -2.24. The van der Waals surface area contributed by atoms with Crippen LogP contribution in [0.25, 0.3) is 0 Å². The lowest BCUT2D eigenvalue weighted by molar-refractivity contribution is 0.0155. The second-order valence-electron chi connectivity index (χ2n) is 5.41. The van der Waals surface area contributed by atoms with Crippen LogP contribution in [-0.4, -0.2) is 20.5 Å². The Kier molecular flexibility index (Phi) is 5.33. The maximum atomic E-state index is 12.2. The van der Waals surface area contributed by atoms with Crippen molar-refractivity contribution in [3.63, 3.8) is 0 Å². The minimum atomic E-state index is -3.89. The van der Waals surface area contributed by atoms with Crippen molar-refractivity contribution >= 4 is 41.6 Å². The summed E-state index contributed by atoms with van der Waals surface area (Å²) in [5.41, 5.74) is 0.182. The molecule has 1 fully saturated rings. The second kappa shape index (κ2) is 6.67. The Bertz CT molecular complexity index is 644. The standard InChI is InChI=1S/C14H16BrClO4S/c1-9-3-2-4-12(5-9)20-14(17)10-6-11(15)8-13(7-10)21(16,18)19/h6-9,12H,2-5H2,1H3. The SMILES string of the molecule is CC1CCCC(OC(=O)c2cc(Br)cc(S(=O)(=O)Cl)c2)C1. The molecule has 1 aliphatic carbocycles. The zero-order valence-electron chi connectivity index (χ0n) is 11.5. The number of halogens is 2. The summed E-state index contributed by atoms with van der Waals surface area (Å²) in [5.74, 6) is 0.0230. The molecule has 2 rings (SSSR count). The summed E-state index contributed by atoms with van der Waals surface area (Å²) < 4.78 is 28.7. The molecule has 0 amide bonds. The van der Waals surface area contributed by atoms with E-state index in [1.807, 2.05) is 0 Å². The summed E-state index contributed by atoms with van der Waals surface area (Å²) in [6, 6.07) is 4.11. The summed E-state index contributed by atoms with van der Waals surface area (Å²) in [5, 5.41) is 0. The second-order valence-corrected chi connectivity index (χ2v) is 8.89. The van der Waals surface area contributed by atoms with Crippen LogP contribution < -0.4 is 0 Å². The quantitative estimate of drug-likeness (QED) is 0.571. The van der Waals surface area contributed by atoms with Crippen molar-refractivity contribution in [2.45, 2.75) is 43.6 Å². The summed E-state index contributed by atoms with van der Waals surface area (Å²) in [6.07, 6.45) is 3.79. The van der Waals surface area contributed by atoms with Gasteiger partial charge in [-0.05, 0) is 43.4 Å². The molecule has 7 heteroatoms. The molecule has 1 aliphatic rings. The van der Waals surface area contributed by atoms with E-state index in [1.165, 1.54) is 18.2 Å². The monoisotopic (exact) mass is 394 g/mol. The molecule has 116 valence electrons. The zero-order chi connectivity index (χ0) is 15.6. The van der Waals surface area contributed by atoms with Gasteiger partial charge in [0.05, 0.1) is 10.5 Å². The van der Waals surface area contributed by atoms with E-state index in [-0.39, 0.29) is 16.6 Å². The molecule has 4 nitrogen and oxygen atoms in total. The van der Waals surface area contributed by atoms with Gasteiger partial charge in [0.25, 0.3) is 9.05 Å². The first-order valence-electron chi connectivity index (χ1n) is 6.72. The van der Waals surface area contributed by atoms with Crippen molar-refractivity contribution in [2.75, 3.05) is 0 Å². The molecule has 1 aromatic carbocycles. The minimum Gasteiger partial charge on any atom is -0.459 e. The Morgan fingerprint density at radius 3 is 2.67 bits per heavy atom. The van der Waals surface area contributed by atoms with E-state index in [9.17, 15) is 13.2 Å². The molecule has 2 unspecified atom stereocenters. The van der Waals surface area contributed by atoms with Crippen LogP contribution in [0.5, 0.6) is 0 Å². The third-order valence-corrected chi connectivity index (χ3v) is 5.34. The van der Waals surface area contributed by atoms with Crippen LogP contribution in [0, 0.1) is 5.92 Å². The minimum absolute atomic E-state index is 0.101. The molecule has 0 bridgehead atoms. The van der Waals surface area contributed by atoms with E-state index in [0.29, 0.717) is 10.4 Å². The molecule has 1 saturated carbocycles. The number of esters is 1. The molecule has 0 saturated heterocycles. The number of carbonyl (C=O) groups is 1. The normalized spacial score (nSPS) is 22.8. The molecule has 0 spiro atoms. The molecule has 0 heterocycles. The maximum Gasteiger partial charge on any atom is 0.338 e. The summed E-state index contributed by atoms with van der Waals surface area (Å²) in [4.78, 5) is 12.0. The highest BCUT2D eigenvalue weighted by Gasteiger charge is 2.24. The maximum absolute atomic E-state index is 12.2. The Hall–Kier alpha value is -0.590. The third-order valence-electron chi connectivity index (χ3n) is 3.55. The molecule has 2 atom stereocenters. The van der Waals surface area contributed by atoms with Gasteiger partial charge in [-0.3, -0.25) is 0 Å². The van der Waals surface area contributed by atoms with Gasteiger partial charge in [-0.2, -0.15) is 0 Å². The molecule has 0 aliphatic heterocycles. The fourth-order valence-corrected chi connectivity index (χ4v) is 3.97. The van der Waals surface area contributed by atoms with Gasteiger partial charge in [0, 0.05) is 15.2 Å². The van der Waals surface area contributed by atoms with Crippen LogP contribution in [0.15, 0.2) is 27.6 Å². The van der Waals surface area contributed by atoms with Gasteiger partial charge < -0.3 is 4.74 Å². The van der Waals surface area contributed by atoms with Crippen molar-refractivity contribution < 1.29 is 17.9 Å². The molecule has 1 aromatic rings. The Morgan fingerprint density at radius 2 is 2.05 bits per heavy atom. The van der Waals surface area contributed by atoms with E-state index in [1.54, 1.807) is 0 Å². The van der Waals surface area contributed by atoms with Gasteiger partial charge in [-0.15, -0.1) is 0 Å². The number of rotatable bonds is 3. The van der Waals surface area contributed by atoms with Crippen molar-refractivity contribution in [1.82, 2.24) is 0 Å². The molecule has 0 radical (unpaired) electrons. The summed E-state index contributed by atoms with van der Waals surface area (Å²) in [7, 11) is 1.43. The Morgan fingerprint density at radius 1 is 1.33 bits per heavy atom. The predicted octanol–water partition coefficient (Wildman–Crippen LogP) is 4.11. The van der Waals surface area contributed by atoms with Crippen LogP contribution in [0.3, 0.4) is 0 Å². The van der Waals surface area contributed by atoms with Crippen LogP contribution in [-0.2, 0) is 13.8 Å². The zero-order valence-corrected chi connectivity index (χ0v) is 14.7. The first-order chi connectivity index (χ1) is 9.75. The number of benzene rings is 1. The molecule has 0 N–H and O–H groups in total. The molecule has 0 aromatic heterocycles. The Balaban J connectivity index is 2.17. The third kappa shape index (κ3) is 4.69. The van der Waals surface area contributed by atoms with Gasteiger partial charge in [-0.1, -0.05) is 29.3 Å². The van der Waals surface area contributed by atoms with Crippen LogP contribution in [0.2, 0.25) is 0 Å². The first kappa shape index (κ1) is 16.8. The predicted molar refractivity (Wildman–Crippen MR) is 84.0 cm³/mol. The molecule has 21 heavy (non-hydrogen) atoms. The summed E-state index contributed by atoms with van der Waals surface area (Å²) >= 11 is 3.18. The largest absolute Gasteiger partial charge is 0.459 e. The first-order valence-corrected chi connectivity index (χ1v) is 9.82. The van der Waals surface area contributed by atoms with E-state index in [4.69, 9.17) is 15.4 Å². The van der Waals surface area contributed by atoms with Crippen molar-refractivity contribution in [3.8, 4) is 0 Å².